The molecule has 1 N–H and O–H groups in total. The Morgan fingerprint density at radius 1 is 1.14 bits per heavy atom. The number of rotatable bonds is 8. The number of methoxy groups -OCH3 is 3. The van der Waals surface area contributed by atoms with E-state index in [1.54, 1.807) is 18.4 Å². The van der Waals surface area contributed by atoms with Crippen molar-refractivity contribution in [1.29, 1.82) is 0 Å². The topological polar surface area (TPSA) is 73.2 Å². The average molecular weight is 411 g/mol. The number of hydrogen-bond acceptors (Lipinski definition) is 6. The highest BCUT2D eigenvalue weighted by atomic mass is 35.5. The van der Waals surface area contributed by atoms with E-state index in [1.165, 1.54) is 21.3 Å². The lowest BCUT2D eigenvalue weighted by atomic mass is 10.1. The van der Waals surface area contributed by atoms with Gasteiger partial charge in [-0.25, -0.2) is 0 Å². The van der Waals surface area contributed by atoms with Gasteiger partial charge in [0.05, 0.1) is 33.6 Å². The molecule has 0 bridgehead atoms. The fourth-order valence-corrected chi connectivity index (χ4v) is 3.45. The van der Waals surface area contributed by atoms with Crippen molar-refractivity contribution < 1.29 is 23.4 Å². The molecule has 2 heterocycles. The Balaban J connectivity index is 0.00000280. The maximum absolute atomic E-state index is 12.8. The minimum Gasteiger partial charge on any atom is -0.493 e. The SMILES string of the molecule is COc1cc(C(=O)NCC(c2ccco2)N2CCCC2)cc(OC)c1OC.Cl. The van der Waals surface area contributed by atoms with Crippen LogP contribution in [0.25, 0.3) is 0 Å². The fourth-order valence-electron chi connectivity index (χ4n) is 3.45. The summed E-state index contributed by atoms with van der Waals surface area (Å²) in [6.45, 7) is 2.47. The first kappa shape index (κ1) is 21.9. The number of nitrogens with one attached hydrogen (secondary N) is 1. The van der Waals surface area contributed by atoms with E-state index in [0.29, 0.717) is 29.4 Å². The molecule has 154 valence electrons. The minimum absolute atomic E-state index is 0. The van der Waals surface area contributed by atoms with Crippen molar-refractivity contribution in [3.63, 3.8) is 0 Å². The van der Waals surface area contributed by atoms with Gasteiger partial charge in [-0.05, 0) is 50.2 Å². The Morgan fingerprint density at radius 2 is 1.79 bits per heavy atom. The van der Waals surface area contributed by atoms with Crippen molar-refractivity contribution in [1.82, 2.24) is 10.2 Å². The normalized spacial score (nSPS) is 14.8. The maximum atomic E-state index is 12.8. The molecule has 28 heavy (non-hydrogen) atoms. The zero-order valence-corrected chi connectivity index (χ0v) is 17.2. The Morgan fingerprint density at radius 3 is 2.29 bits per heavy atom. The van der Waals surface area contributed by atoms with Crippen molar-refractivity contribution in [2.75, 3.05) is 41.0 Å². The molecule has 2 aromatic rings. The summed E-state index contributed by atoms with van der Waals surface area (Å²) >= 11 is 0. The molecule has 1 unspecified atom stereocenters. The molecule has 1 amide bonds. The van der Waals surface area contributed by atoms with Gasteiger partial charge in [0.15, 0.2) is 11.5 Å². The molecule has 0 aliphatic carbocycles. The van der Waals surface area contributed by atoms with Gasteiger partial charge in [-0.2, -0.15) is 0 Å². The molecule has 0 radical (unpaired) electrons. The Kier molecular flexibility index (Phi) is 8.02. The van der Waals surface area contributed by atoms with Crippen LogP contribution in [0.3, 0.4) is 0 Å². The molecule has 3 rings (SSSR count). The molecule has 1 fully saturated rings. The fraction of sp³-hybridized carbons (Fsp3) is 0.450. The molecule has 1 aromatic carbocycles. The van der Waals surface area contributed by atoms with Gasteiger partial charge in [0, 0.05) is 12.1 Å². The lowest BCUT2D eigenvalue weighted by Gasteiger charge is -2.26. The van der Waals surface area contributed by atoms with Gasteiger partial charge in [0.25, 0.3) is 5.91 Å². The van der Waals surface area contributed by atoms with Crippen molar-refractivity contribution in [3.8, 4) is 17.2 Å². The molecule has 1 aliphatic heterocycles. The van der Waals surface area contributed by atoms with E-state index in [2.05, 4.69) is 10.2 Å². The molecule has 7 nitrogen and oxygen atoms in total. The molecule has 1 atom stereocenters. The number of carbonyl (C=O) groups is 1. The number of benzene rings is 1. The molecule has 0 saturated carbocycles. The summed E-state index contributed by atoms with van der Waals surface area (Å²) in [5.74, 6) is 2.02. The van der Waals surface area contributed by atoms with Crippen LogP contribution in [0.1, 0.15) is 35.0 Å². The van der Waals surface area contributed by atoms with Crippen LogP contribution in [0.5, 0.6) is 17.2 Å². The number of hydrogen-bond donors (Lipinski definition) is 1. The zero-order chi connectivity index (χ0) is 19.2. The summed E-state index contributed by atoms with van der Waals surface area (Å²) < 4.78 is 21.6. The van der Waals surface area contributed by atoms with E-state index in [-0.39, 0.29) is 24.4 Å². The third-order valence-electron chi connectivity index (χ3n) is 4.84. The number of halogens is 1. The second-order valence-corrected chi connectivity index (χ2v) is 6.40. The molecule has 8 heteroatoms. The Bertz CT molecular complexity index is 735. The summed E-state index contributed by atoms with van der Waals surface area (Å²) in [5.41, 5.74) is 0.448. The van der Waals surface area contributed by atoms with E-state index in [9.17, 15) is 4.79 Å². The number of amides is 1. The van der Waals surface area contributed by atoms with Crippen LogP contribution in [0.15, 0.2) is 34.9 Å². The molecule has 1 aromatic heterocycles. The summed E-state index contributed by atoms with van der Waals surface area (Å²) in [4.78, 5) is 15.1. The molecule has 1 saturated heterocycles. The van der Waals surface area contributed by atoms with E-state index < -0.39 is 0 Å². The van der Waals surface area contributed by atoms with Crippen LogP contribution in [0, 0.1) is 0 Å². The first-order valence-corrected chi connectivity index (χ1v) is 9.03. The van der Waals surface area contributed by atoms with Crippen molar-refractivity contribution in [3.05, 3.63) is 41.9 Å². The average Bonchev–Trinajstić information content (AvgIpc) is 3.41. The van der Waals surface area contributed by atoms with E-state index in [0.717, 1.165) is 31.7 Å². The van der Waals surface area contributed by atoms with Crippen molar-refractivity contribution in [2.45, 2.75) is 18.9 Å². The van der Waals surface area contributed by atoms with Crippen LogP contribution >= 0.6 is 12.4 Å². The first-order chi connectivity index (χ1) is 13.2. The Labute approximate surface area is 171 Å². The van der Waals surface area contributed by atoms with Crippen LogP contribution < -0.4 is 19.5 Å². The smallest absolute Gasteiger partial charge is 0.251 e. The highest BCUT2D eigenvalue weighted by Gasteiger charge is 2.26. The van der Waals surface area contributed by atoms with E-state index >= 15 is 0 Å². The standard InChI is InChI=1S/C20H26N2O5.ClH/c1-24-17-11-14(12-18(25-2)19(17)26-3)20(23)21-13-15(16-7-6-10-27-16)22-8-4-5-9-22;/h6-7,10-12,15H,4-5,8-9,13H2,1-3H3,(H,21,23);1H. The summed E-state index contributed by atoms with van der Waals surface area (Å²) in [6.07, 6.45) is 4.00. The van der Waals surface area contributed by atoms with Gasteiger partial charge in [0.1, 0.15) is 5.76 Å². The van der Waals surface area contributed by atoms with E-state index in [4.69, 9.17) is 18.6 Å². The lowest BCUT2D eigenvalue weighted by Crippen LogP contribution is -2.36. The summed E-state index contributed by atoms with van der Waals surface area (Å²) in [7, 11) is 4.59. The predicted molar refractivity (Wildman–Crippen MR) is 108 cm³/mol. The first-order valence-electron chi connectivity index (χ1n) is 9.03. The number of likely N-dealkylation sites (tertiary alicyclic amines) is 1. The number of nitrogens with zero attached hydrogens (tertiary/aromatic N) is 1. The van der Waals surface area contributed by atoms with Crippen LogP contribution in [-0.2, 0) is 0 Å². The zero-order valence-electron chi connectivity index (χ0n) is 16.4. The van der Waals surface area contributed by atoms with Gasteiger partial charge < -0.3 is 23.9 Å². The molecular weight excluding hydrogens is 384 g/mol. The predicted octanol–water partition coefficient (Wildman–Crippen LogP) is 3.29. The monoisotopic (exact) mass is 410 g/mol. The van der Waals surface area contributed by atoms with Crippen LogP contribution in [0.2, 0.25) is 0 Å². The van der Waals surface area contributed by atoms with Gasteiger partial charge in [-0.3, -0.25) is 9.69 Å². The molecule has 0 spiro atoms. The van der Waals surface area contributed by atoms with Crippen molar-refractivity contribution in [2.24, 2.45) is 0 Å². The summed E-state index contributed by atoms with van der Waals surface area (Å²) in [6, 6.07) is 7.14. The van der Waals surface area contributed by atoms with Gasteiger partial charge in [-0.1, -0.05) is 0 Å². The second kappa shape index (κ2) is 10.2. The van der Waals surface area contributed by atoms with E-state index in [1.807, 2.05) is 12.1 Å². The largest absolute Gasteiger partial charge is 0.493 e. The van der Waals surface area contributed by atoms with Gasteiger partial charge in [0.2, 0.25) is 5.75 Å². The Hall–Kier alpha value is -2.38. The third kappa shape index (κ3) is 4.72. The van der Waals surface area contributed by atoms with Gasteiger partial charge >= 0.3 is 0 Å². The lowest BCUT2D eigenvalue weighted by molar-refractivity contribution is 0.0933. The highest BCUT2D eigenvalue weighted by Crippen LogP contribution is 2.38. The van der Waals surface area contributed by atoms with Crippen LogP contribution in [-0.4, -0.2) is 51.8 Å². The quantitative estimate of drug-likeness (QED) is 0.719. The maximum Gasteiger partial charge on any atom is 0.251 e. The van der Waals surface area contributed by atoms with Crippen LogP contribution in [0.4, 0.5) is 0 Å². The molecule has 1 aliphatic rings. The minimum atomic E-state index is -0.204. The third-order valence-corrected chi connectivity index (χ3v) is 4.84. The number of carbonyl (C=O) groups excluding carboxylic acids is 1. The highest BCUT2D eigenvalue weighted by molar-refractivity contribution is 5.95. The second-order valence-electron chi connectivity index (χ2n) is 6.40. The molecular formula is C20H27ClN2O5. The van der Waals surface area contributed by atoms with Gasteiger partial charge in [-0.15, -0.1) is 12.4 Å². The number of ether oxygens (including phenoxy) is 3. The van der Waals surface area contributed by atoms with Crippen molar-refractivity contribution >= 4 is 18.3 Å². The number of furan rings is 1. The summed E-state index contributed by atoms with van der Waals surface area (Å²) in [5, 5.41) is 3.01.